The summed E-state index contributed by atoms with van der Waals surface area (Å²) in [5, 5.41) is 2.73. The third-order valence-electron chi connectivity index (χ3n) is 4.97. The van der Waals surface area contributed by atoms with Gasteiger partial charge < -0.3 is 19.7 Å². The number of fused-ring (bicyclic) bond motifs is 1. The lowest BCUT2D eigenvalue weighted by atomic mass is 10.1. The van der Waals surface area contributed by atoms with Crippen molar-refractivity contribution in [2.24, 2.45) is 0 Å². The van der Waals surface area contributed by atoms with Crippen LogP contribution in [0.5, 0.6) is 5.75 Å². The van der Waals surface area contributed by atoms with E-state index >= 15 is 0 Å². The zero-order valence-corrected chi connectivity index (χ0v) is 16.3. The van der Waals surface area contributed by atoms with Gasteiger partial charge in [0.1, 0.15) is 11.8 Å². The highest BCUT2D eigenvalue weighted by Crippen LogP contribution is 2.47. The van der Waals surface area contributed by atoms with Crippen LogP contribution in [0.3, 0.4) is 0 Å². The average molecular weight is 392 g/mol. The van der Waals surface area contributed by atoms with Gasteiger partial charge >= 0.3 is 5.97 Å². The SMILES string of the molecule is COc1ccccc1CCNC(=O)COC(=O)[C@@H]1CS[C@@]2(C)CCC(=O)N12. The molecule has 0 aromatic heterocycles. The molecule has 2 aliphatic heterocycles. The molecule has 0 spiro atoms. The molecule has 2 aliphatic rings. The molecule has 8 heteroatoms. The summed E-state index contributed by atoms with van der Waals surface area (Å²) in [5.41, 5.74) is 0.993. The van der Waals surface area contributed by atoms with Crippen LogP contribution in [-0.4, -0.2) is 59.6 Å². The number of nitrogens with zero attached hydrogens (tertiary/aromatic N) is 1. The normalized spacial score (nSPS) is 23.9. The molecule has 2 saturated heterocycles. The Morgan fingerprint density at radius 2 is 2.15 bits per heavy atom. The van der Waals surface area contributed by atoms with Crippen molar-refractivity contribution in [3.05, 3.63) is 29.8 Å². The second-order valence-corrected chi connectivity index (χ2v) is 8.29. The number of carbonyl (C=O) groups is 3. The zero-order chi connectivity index (χ0) is 19.4. The number of methoxy groups -OCH3 is 1. The van der Waals surface area contributed by atoms with Gasteiger partial charge in [-0.1, -0.05) is 18.2 Å². The Morgan fingerprint density at radius 3 is 2.93 bits per heavy atom. The fraction of sp³-hybridized carbons (Fsp3) is 0.526. The van der Waals surface area contributed by atoms with Gasteiger partial charge in [-0.05, 0) is 31.4 Å². The number of thioether (sulfide) groups is 1. The lowest BCUT2D eigenvalue weighted by molar-refractivity contribution is -0.156. The Labute approximate surface area is 162 Å². The maximum Gasteiger partial charge on any atom is 0.330 e. The Balaban J connectivity index is 1.43. The summed E-state index contributed by atoms with van der Waals surface area (Å²) in [6, 6.07) is 7.00. The summed E-state index contributed by atoms with van der Waals surface area (Å²) >= 11 is 1.60. The molecular formula is C19H24N2O5S. The number of hydrogen-bond acceptors (Lipinski definition) is 6. The topological polar surface area (TPSA) is 84.9 Å². The maximum absolute atomic E-state index is 12.3. The highest BCUT2D eigenvalue weighted by atomic mass is 32.2. The number of carbonyl (C=O) groups excluding carboxylic acids is 3. The highest BCUT2D eigenvalue weighted by Gasteiger charge is 2.53. The van der Waals surface area contributed by atoms with Crippen molar-refractivity contribution < 1.29 is 23.9 Å². The molecule has 0 radical (unpaired) electrons. The van der Waals surface area contributed by atoms with Crippen molar-refractivity contribution in [3.8, 4) is 5.75 Å². The second-order valence-electron chi connectivity index (χ2n) is 6.79. The maximum atomic E-state index is 12.3. The molecule has 3 rings (SSSR count). The van der Waals surface area contributed by atoms with Crippen LogP contribution >= 0.6 is 11.8 Å². The smallest absolute Gasteiger partial charge is 0.330 e. The Hall–Kier alpha value is -2.22. The minimum absolute atomic E-state index is 0.0225. The van der Waals surface area contributed by atoms with Gasteiger partial charge in [-0.3, -0.25) is 9.59 Å². The standard InChI is InChI=1S/C19H24N2O5S/c1-19-9-7-17(23)21(19)14(12-27-19)18(24)26-11-16(22)20-10-8-13-5-3-4-6-15(13)25-2/h3-6,14H,7-12H2,1-2H3,(H,20,22)/t14-,19-/m0/s1. The van der Waals surface area contributed by atoms with E-state index in [1.165, 1.54) is 0 Å². The highest BCUT2D eigenvalue weighted by molar-refractivity contribution is 8.01. The number of amides is 2. The van der Waals surface area contributed by atoms with Crippen LogP contribution in [0, 0.1) is 0 Å². The van der Waals surface area contributed by atoms with E-state index in [2.05, 4.69) is 5.32 Å². The van der Waals surface area contributed by atoms with Crippen molar-refractivity contribution in [3.63, 3.8) is 0 Å². The number of esters is 1. The summed E-state index contributed by atoms with van der Waals surface area (Å²) in [5.74, 6) is 0.387. The van der Waals surface area contributed by atoms with Crippen molar-refractivity contribution in [1.29, 1.82) is 0 Å². The van der Waals surface area contributed by atoms with Gasteiger partial charge in [-0.15, -0.1) is 11.8 Å². The molecular weight excluding hydrogens is 368 g/mol. The fourth-order valence-electron chi connectivity index (χ4n) is 3.53. The number of rotatable bonds is 7. The summed E-state index contributed by atoms with van der Waals surface area (Å²) in [6.45, 7) is 2.05. The first-order valence-corrected chi connectivity index (χ1v) is 9.94. The predicted octanol–water partition coefficient (Wildman–Crippen LogP) is 1.35. The summed E-state index contributed by atoms with van der Waals surface area (Å²) in [4.78, 5) is 37.7. The third-order valence-corrected chi connectivity index (χ3v) is 6.48. The van der Waals surface area contributed by atoms with Gasteiger partial charge in [0.05, 0.1) is 12.0 Å². The van der Waals surface area contributed by atoms with Gasteiger partial charge in [0.15, 0.2) is 6.61 Å². The first-order valence-electron chi connectivity index (χ1n) is 8.96. The van der Waals surface area contributed by atoms with Gasteiger partial charge in [-0.2, -0.15) is 0 Å². The minimum Gasteiger partial charge on any atom is -0.496 e. The fourth-order valence-corrected chi connectivity index (χ4v) is 4.94. The Morgan fingerprint density at radius 1 is 1.37 bits per heavy atom. The van der Waals surface area contributed by atoms with Crippen LogP contribution in [0.1, 0.15) is 25.3 Å². The van der Waals surface area contributed by atoms with Crippen molar-refractivity contribution in [2.75, 3.05) is 26.0 Å². The van der Waals surface area contributed by atoms with Crippen molar-refractivity contribution >= 4 is 29.5 Å². The molecule has 1 aromatic carbocycles. The lowest BCUT2D eigenvalue weighted by Crippen LogP contribution is -2.47. The number of hydrogen-bond donors (Lipinski definition) is 1. The van der Waals surface area contributed by atoms with Crippen LogP contribution < -0.4 is 10.1 Å². The van der Waals surface area contributed by atoms with E-state index < -0.39 is 12.0 Å². The molecule has 0 aliphatic carbocycles. The lowest BCUT2D eigenvalue weighted by Gasteiger charge is -2.29. The minimum atomic E-state index is -0.601. The van der Waals surface area contributed by atoms with Crippen LogP contribution in [0.25, 0.3) is 0 Å². The molecule has 2 heterocycles. The number of para-hydroxylation sites is 1. The predicted molar refractivity (Wildman–Crippen MR) is 101 cm³/mol. The summed E-state index contributed by atoms with van der Waals surface area (Å²) < 4.78 is 10.4. The molecule has 1 aromatic rings. The van der Waals surface area contributed by atoms with E-state index in [4.69, 9.17) is 9.47 Å². The summed E-state index contributed by atoms with van der Waals surface area (Å²) in [6.07, 6.45) is 1.81. The Bertz CT molecular complexity index is 741. The van der Waals surface area contributed by atoms with Gasteiger partial charge in [-0.25, -0.2) is 4.79 Å². The molecule has 0 bridgehead atoms. The van der Waals surface area contributed by atoms with E-state index in [1.807, 2.05) is 31.2 Å². The molecule has 146 valence electrons. The van der Waals surface area contributed by atoms with Gasteiger partial charge in [0.25, 0.3) is 5.91 Å². The number of nitrogens with one attached hydrogen (secondary N) is 1. The van der Waals surface area contributed by atoms with Crippen LogP contribution in [0.2, 0.25) is 0 Å². The monoisotopic (exact) mass is 392 g/mol. The first kappa shape index (κ1) is 19.5. The molecule has 2 atom stereocenters. The zero-order valence-electron chi connectivity index (χ0n) is 15.5. The van der Waals surface area contributed by atoms with E-state index in [1.54, 1.807) is 23.8 Å². The average Bonchev–Trinajstić information content (AvgIpc) is 3.16. The molecule has 0 saturated carbocycles. The molecule has 1 N–H and O–H groups in total. The quantitative estimate of drug-likeness (QED) is 0.705. The molecule has 2 fully saturated rings. The molecule has 0 unspecified atom stereocenters. The van der Waals surface area contributed by atoms with Crippen LogP contribution in [0.4, 0.5) is 0 Å². The molecule has 2 amide bonds. The van der Waals surface area contributed by atoms with E-state index in [9.17, 15) is 14.4 Å². The largest absolute Gasteiger partial charge is 0.496 e. The van der Waals surface area contributed by atoms with Crippen LogP contribution in [-0.2, 0) is 25.5 Å². The van der Waals surface area contributed by atoms with Gasteiger partial charge in [0.2, 0.25) is 5.91 Å². The Kier molecular flexibility index (Phi) is 5.94. The van der Waals surface area contributed by atoms with Gasteiger partial charge in [0, 0.05) is 18.7 Å². The first-order chi connectivity index (χ1) is 12.9. The van der Waals surface area contributed by atoms with Crippen LogP contribution in [0.15, 0.2) is 24.3 Å². The molecule has 27 heavy (non-hydrogen) atoms. The van der Waals surface area contributed by atoms with Crippen molar-refractivity contribution in [2.45, 2.75) is 37.1 Å². The molecule has 7 nitrogen and oxygen atoms in total. The summed E-state index contributed by atoms with van der Waals surface area (Å²) in [7, 11) is 1.61. The second kappa shape index (κ2) is 8.21. The third kappa shape index (κ3) is 4.21. The number of benzene rings is 1. The van der Waals surface area contributed by atoms with Crippen molar-refractivity contribution in [1.82, 2.24) is 10.2 Å². The van der Waals surface area contributed by atoms with E-state index in [0.29, 0.717) is 25.1 Å². The number of ether oxygens (including phenoxy) is 2. The van der Waals surface area contributed by atoms with E-state index in [-0.39, 0.29) is 23.3 Å². The van der Waals surface area contributed by atoms with E-state index in [0.717, 1.165) is 17.7 Å².